The first kappa shape index (κ1) is 11.9. The molecule has 16 heavy (non-hydrogen) atoms. The molecule has 1 aliphatic heterocycles. The molecule has 1 heterocycles. The second-order valence-electron chi connectivity index (χ2n) is 4.99. The Morgan fingerprint density at radius 1 is 1.38 bits per heavy atom. The van der Waals surface area contributed by atoms with E-state index in [9.17, 15) is 0 Å². The van der Waals surface area contributed by atoms with Crippen LogP contribution in [0.4, 0.5) is 0 Å². The zero-order chi connectivity index (χ0) is 11.8. The van der Waals surface area contributed by atoms with Crippen molar-refractivity contribution in [2.75, 3.05) is 6.61 Å². The van der Waals surface area contributed by atoms with E-state index in [-0.39, 0.29) is 11.0 Å². The molecule has 0 saturated carbocycles. The summed E-state index contributed by atoms with van der Waals surface area (Å²) >= 11 is 6.25. The van der Waals surface area contributed by atoms with Gasteiger partial charge < -0.3 is 4.74 Å². The summed E-state index contributed by atoms with van der Waals surface area (Å²) in [5.41, 5.74) is 3.67. The average molecular weight is 239 g/mol. The van der Waals surface area contributed by atoms with Gasteiger partial charge >= 0.3 is 0 Å². The maximum Gasteiger partial charge on any atom is 0.0919 e. The zero-order valence-electron chi connectivity index (χ0n) is 10.2. The van der Waals surface area contributed by atoms with E-state index in [2.05, 4.69) is 39.0 Å². The van der Waals surface area contributed by atoms with Gasteiger partial charge in [-0.15, -0.1) is 11.6 Å². The Balaban J connectivity index is 2.34. The van der Waals surface area contributed by atoms with E-state index < -0.39 is 0 Å². The van der Waals surface area contributed by atoms with Crippen molar-refractivity contribution >= 4 is 11.6 Å². The first-order chi connectivity index (χ1) is 7.51. The molecule has 1 nitrogen and oxygen atoms in total. The molecule has 88 valence electrons. The molecule has 1 saturated heterocycles. The van der Waals surface area contributed by atoms with Crippen LogP contribution in [-0.4, -0.2) is 12.0 Å². The molecular weight excluding hydrogens is 220 g/mol. The predicted molar refractivity (Wildman–Crippen MR) is 68.1 cm³/mol. The molecule has 2 rings (SSSR count). The number of rotatable bonds is 1. The highest BCUT2D eigenvalue weighted by Crippen LogP contribution is 2.38. The van der Waals surface area contributed by atoms with Gasteiger partial charge in [-0.1, -0.05) is 23.8 Å². The first-order valence-corrected chi connectivity index (χ1v) is 6.31. The van der Waals surface area contributed by atoms with Crippen LogP contribution in [0.3, 0.4) is 0 Å². The average Bonchev–Trinajstić information content (AvgIpc) is 2.16. The minimum atomic E-state index is -0.206. The highest BCUT2D eigenvalue weighted by molar-refractivity contribution is 6.20. The van der Waals surface area contributed by atoms with Crippen LogP contribution in [0.25, 0.3) is 0 Å². The largest absolute Gasteiger partial charge is 0.370 e. The molecule has 2 atom stereocenters. The second-order valence-corrected chi connectivity index (χ2v) is 5.60. The van der Waals surface area contributed by atoms with Crippen LogP contribution in [0.1, 0.15) is 36.5 Å². The van der Waals surface area contributed by atoms with E-state index in [1.54, 1.807) is 0 Å². The van der Waals surface area contributed by atoms with Crippen molar-refractivity contribution in [3.05, 3.63) is 34.9 Å². The highest BCUT2D eigenvalue weighted by atomic mass is 35.5. The molecule has 1 aromatic rings. The number of alkyl halides is 1. The summed E-state index contributed by atoms with van der Waals surface area (Å²) in [4.78, 5) is 0. The molecule has 0 aromatic heterocycles. The molecular formula is C14H19ClO. The third-order valence-electron chi connectivity index (χ3n) is 3.41. The third kappa shape index (κ3) is 2.26. The van der Waals surface area contributed by atoms with Gasteiger partial charge in [-0.2, -0.15) is 0 Å². The molecule has 0 spiro atoms. The van der Waals surface area contributed by atoms with Crippen LogP contribution in [0, 0.1) is 13.8 Å². The zero-order valence-corrected chi connectivity index (χ0v) is 11.0. The SMILES string of the molecule is Cc1ccc(C2(C)CC(Cl)CCO2)c(C)c1. The number of hydrogen-bond acceptors (Lipinski definition) is 1. The van der Waals surface area contributed by atoms with Crippen molar-refractivity contribution in [2.45, 2.75) is 44.6 Å². The molecule has 2 unspecified atom stereocenters. The smallest absolute Gasteiger partial charge is 0.0919 e. The van der Waals surface area contributed by atoms with E-state index in [1.807, 2.05) is 0 Å². The van der Waals surface area contributed by atoms with Crippen molar-refractivity contribution in [1.29, 1.82) is 0 Å². The van der Waals surface area contributed by atoms with E-state index in [0.717, 1.165) is 19.4 Å². The summed E-state index contributed by atoms with van der Waals surface area (Å²) in [7, 11) is 0. The minimum Gasteiger partial charge on any atom is -0.370 e. The number of ether oxygens (including phenoxy) is 1. The highest BCUT2D eigenvalue weighted by Gasteiger charge is 2.35. The summed E-state index contributed by atoms with van der Waals surface area (Å²) < 4.78 is 5.96. The van der Waals surface area contributed by atoms with Crippen LogP contribution < -0.4 is 0 Å². The van der Waals surface area contributed by atoms with E-state index >= 15 is 0 Å². The number of hydrogen-bond donors (Lipinski definition) is 0. The van der Waals surface area contributed by atoms with Crippen molar-refractivity contribution in [3.8, 4) is 0 Å². The summed E-state index contributed by atoms with van der Waals surface area (Å²) in [6.07, 6.45) is 1.86. The monoisotopic (exact) mass is 238 g/mol. The summed E-state index contributed by atoms with van der Waals surface area (Å²) in [5.74, 6) is 0. The van der Waals surface area contributed by atoms with Crippen LogP contribution in [0.5, 0.6) is 0 Å². The van der Waals surface area contributed by atoms with Gasteiger partial charge in [0.2, 0.25) is 0 Å². The first-order valence-electron chi connectivity index (χ1n) is 5.87. The minimum absolute atomic E-state index is 0.206. The predicted octanol–water partition coefficient (Wildman–Crippen LogP) is 3.94. The van der Waals surface area contributed by atoms with Gasteiger partial charge in [0.25, 0.3) is 0 Å². The van der Waals surface area contributed by atoms with Crippen LogP contribution in [0.15, 0.2) is 18.2 Å². The quantitative estimate of drug-likeness (QED) is 0.674. The Labute approximate surface area is 103 Å². The lowest BCUT2D eigenvalue weighted by Crippen LogP contribution is -2.35. The number of halogens is 1. The van der Waals surface area contributed by atoms with Crippen LogP contribution in [-0.2, 0) is 10.3 Å². The van der Waals surface area contributed by atoms with Gasteiger partial charge in [-0.25, -0.2) is 0 Å². The number of aryl methyl sites for hydroxylation is 2. The fourth-order valence-electron chi connectivity index (χ4n) is 2.59. The molecule has 1 aliphatic rings. The molecule has 0 amide bonds. The van der Waals surface area contributed by atoms with Crippen molar-refractivity contribution in [1.82, 2.24) is 0 Å². The summed E-state index contributed by atoms with van der Waals surface area (Å²) in [6, 6.07) is 6.54. The van der Waals surface area contributed by atoms with Gasteiger partial charge in [0, 0.05) is 12.0 Å². The fourth-order valence-corrected chi connectivity index (χ4v) is 2.97. The second kappa shape index (κ2) is 4.38. The van der Waals surface area contributed by atoms with Gasteiger partial charge in [-0.05, 0) is 44.7 Å². The topological polar surface area (TPSA) is 9.23 Å². The Hall–Kier alpha value is -0.530. The molecule has 1 aromatic carbocycles. The van der Waals surface area contributed by atoms with Gasteiger partial charge in [0.1, 0.15) is 0 Å². The Morgan fingerprint density at radius 2 is 2.12 bits per heavy atom. The summed E-state index contributed by atoms with van der Waals surface area (Å²) in [5, 5.41) is 0.236. The lowest BCUT2D eigenvalue weighted by Gasteiger charge is -2.37. The molecule has 0 aliphatic carbocycles. The standard InChI is InChI=1S/C14H19ClO/c1-10-4-5-13(11(2)8-10)14(3)9-12(15)6-7-16-14/h4-5,8,12H,6-7,9H2,1-3H3. The maximum atomic E-state index is 6.25. The van der Waals surface area contributed by atoms with Crippen LogP contribution >= 0.6 is 11.6 Å². The molecule has 0 bridgehead atoms. The van der Waals surface area contributed by atoms with Crippen molar-refractivity contribution in [3.63, 3.8) is 0 Å². The van der Waals surface area contributed by atoms with Gasteiger partial charge in [0.15, 0.2) is 0 Å². The van der Waals surface area contributed by atoms with Crippen molar-refractivity contribution < 1.29 is 4.74 Å². The van der Waals surface area contributed by atoms with Crippen LogP contribution in [0.2, 0.25) is 0 Å². The molecule has 1 fully saturated rings. The normalized spacial score (nSPS) is 30.4. The van der Waals surface area contributed by atoms with E-state index in [1.165, 1.54) is 16.7 Å². The third-order valence-corrected chi connectivity index (χ3v) is 3.79. The number of benzene rings is 1. The fraction of sp³-hybridized carbons (Fsp3) is 0.571. The van der Waals surface area contributed by atoms with Gasteiger partial charge in [0.05, 0.1) is 5.60 Å². The Bertz CT molecular complexity index is 388. The Kier molecular flexibility index (Phi) is 3.27. The molecule has 2 heteroatoms. The maximum absolute atomic E-state index is 6.25. The van der Waals surface area contributed by atoms with Crippen molar-refractivity contribution in [2.24, 2.45) is 0 Å². The van der Waals surface area contributed by atoms with E-state index in [0.29, 0.717) is 0 Å². The molecule has 0 N–H and O–H groups in total. The Morgan fingerprint density at radius 3 is 2.75 bits per heavy atom. The lowest BCUT2D eigenvalue weighted by atomic mass is 9.85. The lowest BCUT2D eigenvalue weighted by molar-refractivity contribution is -0.0687. The molecule has 0 radical (unpaired) electrons. The summed E-state index contributed by atoms with van der Waals surface area (Å²) in [6.45, 7) is 7.18. The van der Waals surface area contributed by atoms with E-state index in [4.69, 9.17) is 16.3 Å². The van der Waals surface area contributed by atoms with Gasteiger partial charge in [-0.3, -0.25) is 0 Å².